The Kier molecular flexibility index (Phi) is 7.01. The Morgan fingerprint density at radius 2 is 2.00 bits per heavy atom. The zero-order valence-corrected chi connectivity index (χ0v) is 22.2. The first kappa shape index (κ1) is 25.7. The number of ether oxygens (including phenoxy) is 3. The second kappa shape index (κ2) is 10.1. The third-order valence-electron chi connectivity index (χ3n) is 6.67. The van der Waals surface area contributed by atoms with Crippen LogP contribution in [0.4, 0.5) is 10.5 Å². The van der Waals surface area contributed by atoms with Crippen molar-refractivity contribution in [2.45, 2.75) is 51.7 Å². The Morgan fingerprint density at radius 1 is 1.24 bits per heavy atom. The van der Waals surface area contributed by atoms with E-state index in [4.69, 9.17) is 25.8 Å². The Morgan fingerprint density at radius 3 is 2.76 bits per heavy atom. The van der Waals surface area contributed by atoms with E-state index in [-0.39, 0.29) is 31.3 Å². The Balaban J connectivity index is 1.31. The first-order chi connectivity index (χ1) is 17.6. The number of hydrogen-bond acceptors (Lipinski definition) is 7. The number of aromatic amines is 1. The second-order valence-corrected chi connectivity index (χ2v) is 10.9. The summed E-state index contributed by atoms with van der Waals surface area (Å²) in [6.45, 7) is 9.58. The number of benzene rings is 1. The van der Waals surface area contributed by atoms with Gasteiger partial charge in [-0.25, -0.2) is 4.79 Å². The first-order valence-corrected chi connectivity index (χ1v) is 12.8. The van der Waals surface area contributed by atoms with E-state index in [0.717, 1.165) is 16.3 Å². The Bertz CT molecular complexity index is 1320. The fraction of sp³-hybridized carbons (Fsp3) is 0.500. The molecule has 37 heavy (non-hydrogen) atoms. The van der Waals surface area contributed by atoms with E-state index in [1.54, 1.807) is 18.5 Å². The summed E-state index contributed by atoms with van der Waals surface area (Å²) in [6.07, 6.45) is 1.98. The number of halogens is 1. The normalized spacial score (nSPS) is 24.4. The number of hydrogen-bond donors (Lipinski definition) is 2. The van der Waals surface area contributed by atoms with E-state index >= 15 is 0 Å². The number of carbonyl (C=O) groups excluding carboxylic acids is 2. The maximum Gasteiger partial charge on any atom is 0.413 e. The van der Waals surface area contributed by atoms with Crippen LogP contribution in [-0.4, -0.2) is 88.6 Å². The highest BCUT2D eigenvalue weighted by Gasteiger charge is 2.38. The minimum atomic E-state index is -0.727. The van der Waals surface area contributed by atoms with E-state index in [1.165, 1.54) is 0 Å². The molecule has 0 saturated carbocycles. The third kappa shape index (κ3) is 5.67. The summed E-state index contributed by atoms with van der Waals surface area (Å²) in [5.41, 5.74) is 1.54. The van der Waals surface area contributed by atoms with Gasteiger partial charge in [0.05, 0.1) is 53.9 Å². The summed E-state index contributed by atoms with van der Waals surface area (Å²) in [5, 5.41) is 5.10. The summed E-state index contributed by atoms with van der Waals surface area (Å²) < 4.78 is 17.5. The number of amides is 2. The number of fused-ring (bicyclic) bond motifs is 3. The van der Waals surface area contributed by atoms with Crippen molar-refractivity contribution in [1.82, 2.24) is 19.8 Å². The van der Waals surface area contributed by atoms with Gasteiger partial charge in [-0.3, -0.25) is 20.0 Å². The van der Waals surface area contributed by atoms with Gasteiger partial charge in [-0.05, 0) is 45.9 Å². The van der Waals surface area contributed by atoms with Crippen LogP contribution in [0, 0.1) is 0 Å². The summed E-state index contributed by atoms with van der Waals surface area (Å²) in [5.74, 6) is -0.0306. The molecular formula is C26H32ClN5O5. The molecule has 0 bridgehead atoms. The molecule has 198 valence electrons. The average Bonchev–Trinajstić information content (AvgIpc) is 3.19. The lowest BCUT2D eigenvalue weighted by molar-refractivity contribution is -0.180. The van der Waals surface area contributed by atoms with Gasteiger partial charge in [0.15, 0.2) is 6.23 Å². The van der Waals surface area contributed by atoms with Gasteiger partial charge in [0.1, 0.15) is 0 Å². The van der Waals surface area contributed by atoms with Gasteiger partial charge in [-0.1, -0.05) is 11.6 Å². The summed E-state index contributed by atoms with van der Waals surface area (Å²) in [4.78, 5) is 37.3. The van der Waals surface area contributed by atoms with Crippen molar-refractivity contribution in [2.24, 2.45) is 0 Å². The minimum absolute atomic E-state index is 0.0263. The van der Waals surface area contributed by atoms with Gasteiger partial charge >= 0.3 is 6.09 Å². The molecule has 2 aromatic heterocycles. The number of H-pyrrole nitrogens is 1. The number of rotatable bonds is 4. The summed E-state index contributed by atoms with van der Waals surface area (Å²) >= 11 is 6.36. The van der Waals surface area contributed by atoms with Gasteiger partial charge in [-0.15, -0.1) is 0 Å². The topological polar surface area (TPSA) is 109 Å². The number of pyridine rings is 1. The quantitative estimate of drug-likeness (QED) is 0.526. The molecular weight excluding hydrogens is 498 g/mol. The Hall–Kier alpha value is -2.92. The molecule has 0 spiro atoms. The molecule has 3 aromatic rings. The van der Waals surface area contributed by atoms with Gasteiger partial charge in [0.2, 0.25) is 5.91 Å². The van der Waals surface area contributed by atoms with E-state index in [0.29, 0.717) is 35.9 Å². The molecule has 2 N–H and O–H groups in total. The van der Waals surface area contributed by atoms with Gasteiger partial charge < -0.3 is 24.1 Å². The van der Waals surface area contributed by atoms with E-state index in [1.807, 2.05) is 49.6 Å². The van der Waals surface area contributed by atoms with Crippen LogP contribution in [0.3, 0.4) is 0 Å². The molecule has 5 rings (SSSR count). The number of anilines is 1. The van der Waals surface area contributed by atoms with E-state index in [9.17, 15) is 9.59 Å². The predicted octanol–water partition coefficient (Wildman–Crippen LogP) is 3.99. The zero-order chi connectivity index (χ0) is 26.3. The Labute approximate surface area is 220 Å². The highest BCUT2D eigenvalue weighted by molar-refractivity contribution is 6.32. The fourth-order valence-corrected chi connectivity index (χ4v) is 5.36. The van der Waals surface area contributed by atoms with Crippen LogP contribution in [0.2, 0.25) is 5.02 Å². The number of morpholine rings is 2. The molecule has 2 fully saturated rings. The molecule has 3 atom stereocenters. The number of aromatic nitrogens is 2. The van der Waals surface area contributed by atoms with Crippen molar-refractivity contribution in [3.8, 4) is 0 Å². The number of carbonyl (C=O) groups is 2. The molecule has 10 nitrogen and oxygen atoms in total. The van der Waals surface area contributed by atoms with E-state index in [2.05, 4.69) is 15.3 Å². The number of nitrogens with zero attached hydrogens (tertiary/aromatic N) is 3. The highest BCUT2D eigenvalue weighted by atomic mass is 35.5. The molecule has 2 saturated heterocycles. The minimum Gasteiger partial charge on any atom is -0.427 e. The molecule has 2 amide bonds. The highest BCUT2D eigenvalue weighted by Crippen LogP contribution is 2.33. The third-order valence-corrected chi connectivity index (χ3v) is 6.89. The molecule has 4 heterocycles. The smallest absolute Gasteiger partial charge is 0.413 e. The lowest BCUT2D eigenvalue weighted by Gasteiger charge is -2.43. The van der Waals surface area contributed by atoms with Crippen molar-refractivity contribution in [1.29, 1.82) is 0 Å². The maximum atomic E-state index is 13.2. The van der Waals surface area contributed by atoms with Crippen molar-refractivity contribution >= 4 is 51.1 Å². The van der Waals surface area contributed by atoms with Crippen LogP contribution in [0.5, 0.6) is 0 Å². The summed E-state index contributed by atoms with van der Waals surface area (Å²) in [6, 6.07) is 5.39. The standard InChI is InChI=1S/C26H32ClN5O5/c1-15-10-31(11-16(2)36-15)22(33)12-32-14-26(3,4)35-13-23(32)37-25(34)30-20-8-17(27)7-19-18-5-6-28-9-21(18)29-24(19)20/h5-9,15-16,23,29H,10-14H2,1-4H3,(H,30,34). The summed E-state index contributed by atoms with van der Waals surface area (Å²) in [7, 11) is 0. The zero-order valence-electron chi connectivity index (χ0n) is 21.4. The lowest BCUT2D eigenvalue weighted by Crippen LogP contribution is -2.59. The SMILES string of the molecule is CC1CN(C(=O)CN2CC(C)(C)OCC2OC(=O)Nc2cc(Cl)cc3c2[nH]c2cnccc23)CC(C)O1. The maximum absolute atomic E-state index is 13.2. The monoisotopic (exact) mass is 529 g/mol. The first-order valence-electron chi connectivity index (χ1n) is 12.4. The van der Waals surface area contributed by atoms with Crippen LogP contribution < -0.4 is 5.32 Å². The molecule has 2 aliphatic heterocycles. The van der Waals surface area contributed by atoms with Crippen molar-refractivity contribution < 1.29 is 23.8 Å². The van der Waals surface area contributed by atoms with Crippen molar-refractivity contribution in [3.63, 3.8) is 0 Å². The van der Waals surface area contributed by atoms with Crippen LogP contribution in [0.1, 0.15) is 27.7 Å². The second-order valence-electron chi connectivity index (χ2n) is 10.4. The molecule has 2 aliphatic rings. The predicted molar refractivity (Wildman–Crippen MR) is 141 cm³/mol. The fourth-order valence-electron chi connectivity index (χ4n) is 5.14. The molecule has 0 radical (unpaired) electrons. The lowest BCUT2D eigenvalue weighted by atomic mass is 10.1. The van der Waals surface area contributed by atoms with Crippen LogP contribution in [0.15, 0.2) is 30.6 Å². The van der Waals surface area contributed by atoms with Gasteiger partial charge in [-0.2, -0.15) is 0 Å². The van der Waals surface area contributed by atoms with Crippen LogP contribution in [0.25, 0.3) is 21.8 Å². The molecule has 3 unspecified atom stereocenters. The van der Waals surface area contributed by atoms with Crippen LogP contribution >= 0.6 is 11.6 Å². The van der Waals surface area contributed by atoms with Crippen LogP contribution in [-0.2, 0) is 19.0 Å². The van der Waals surface area contributed by atoms with Crippen molar-refractivity contribution in [3.05, 3.63) is 35.6 Å². The molecule has 1 aromatic carbocycles. The van der Waals surface area contributed by atoms with Gasteiger partial charge in [0, 0.05) is 41.6 Å². The number of nitrogens with one attached hydrogen (secondary N) is 2. The van der Waals surface area contributed by atoms with Gasteiger partial charge in [0.25, 0.3) is 0 Å². The molecule has 11 heteroatoms. The largest absolute Gasteiger partial charge is 0.427 e. The van der Waals surface area contributed by atoms with Crippen molar-refractivity contribution in [2.75, 3.05) is 38.1 Å². The average molecular weight is 530 g/mol. The molecule has 0 aliphatic carbocycles. The van der Waals surface area contributed by atoms with E-state index < -0.39 is 17.9 Å².